The van der Waals surface area contributed by atoms with Gasteiger partial charge in [-0.1, -0.05) is 6.07 Å². The van der Waals surface area contributed by atoms with Crippen LogP contribution < -0.4 is 26.4 Å². The minimum atomic E-state index is -0.442. The zero-order chi connectivity index (χ0) is 18.4. The van der Waals surface area contributed by atoms with E-state index in [4.69, 9.17) is 10.5 Å². The Bertz CT molecular complexity index is 900. The van der Waals surface area contributed by atoms with Crippen molar-refractivity contribution in [2.45, 2.75) is 0 Å². The molecule has 2 aromatic heterocycles. The van der Waals surface area contributed by atoms with E-state index >= 15 is 0 Å². The summed E-state index contributed by atoms with van der Waals surface area (Å²) in [6.45, 7) is 0. The first-order valence-electron chi connectivity index (χ1n) is 7.66. The number of hydrogen-bond acceptors (Lipinski definition) is 7. The van der Waals surface area contributed by atoms with Crippen molar-refractivity contribution in [2.24, 2.45) is 0 Å². The summed E-state index contributed by atoms with van der Waals surface area (Å²) in [6, 6.07) is 11.5. The van der Waals surface area contributed by atoms with Gasteiger partial charge in [0.1, 0.15) is 17.4 Å². The molecule has 0 unspecified atom stereocenters. The summed E-state index contributed by atoms with van der Waals surface area (Å²) in [5, 5.41) is 8.26. The third-order valence-corrected chi connectivity index (χ3v) is 3.25. The molecule has 0 aliphatic carbocycles. The largest absolute Gasteiger partial charge is 0.495 e. The number of urea groups is 1. The van der Waals surface area contributed by atoms with Gasteiger partial charge in [-0.15, -0.1) is 0 Å². The smallest absolute Gasteiger partial charge is 0.324 e. The maximum atomic E-state index is 12.1. The lowest BCUT2D eigenvalue weighted by Gasteiger charge is -2.09. The zero-order valence-electron chi connectivity index (χ0n) is 13.9. The summed E-state index contributed by atoms with van der Waals surface area (Å²) in [5.74, 6) is 1.82. The lowest BCUT2D eigenvalue weighted by Crippen LogP contribution is -2.20. The molecule has 0 spiro atoms. The molecular formula is C17H17N7O2. The number of ether oxygens (including phenoxy) is 1. The highest BCUT2D eigenvalue weighted by Gasteiger charge is 2.06. The van der Waals surface area contributed by atoms with Crippen LogP contribution in [0.3, 0.4) is 0 Å². The van der Waals surface area contributed by atoms with Crippen LogP contribution in [0.5, 0.6) is 5.75 Å². The van der Waals surface area contributed by atoms with Crippen LogP contribution in [0.4, 0.5) is 33.8 Å². The summed E-state index contributed by atoms with van der Waals surface area (Å²) in [6.07, 6.45) is 3.10. The van der Waals surface area contributed by atoms with Crippen LogP contribution in [-0.4, -0.2) is 28.1 Å². The summed E-state index contributed by atoms with van der Waals surface area (Å²) >= 11 is 0. The van der Waals surface area contributed by atoms with Gasteiger partial charge < -0.3 is 21.1 Å². The second-order valence-electron chi connectivity index (χ2n) is 5.18. The highest BCUT2D eigenvalue weighted by Crippen LogP contribution is 2.16. The zero-order valence-corrected chi connectivity index (χ0v) is 13.9. The molecule has 9 nitrogen and oxygen atoms in total. The summed E-state index contributed by atoms with van der Waals surface area (Å²) in [4.78, 5) is 24.6. The molecule has 0 bridgehead atoms. The number of carbonyl (C=O) groups excluding carboxylic acids is 1. The molecular weight excluding hydrogens is 334 g/mol. The fourth-order valence-corrected chi connectivity index (χ4v) is 2.07. The van der Waals surface area contributed by atoms with E-state index in [1.54, 1.807) is 55.8 Å². The van der Waals surface area contributed by atoms with E-state index in [0.29, 0.717) is 34.7 Å². The lowest BCUT2D eigenvalue weighted by atomic mass is 10.3. The van der Waals surface area contributed by atoms with Gasteiger partial charge >= 0.3 is 6.03 Å². The Hall–Kier alpha value is -3.88. The third-order valence-electron chi connectivity index (χ3n) is 3.25. The Balaban J connectivity index is 1.63. The molecule has 9 heteroatoms. The molecule has 2 heterocycles. The highest BCUT2D eigenvalue weighted by molar-refractivity contribution is 5.99. The Morgan fingerprint density at radius 2 is 1.96 bits per heavy atom. The number of nitrogens with two attached hydrogens (primary N) is 1. The molecule has 1 aromatic carbocycles. The Kier molecular flexibility index (Phi) is 5.08. The SMILES string of the molecule is COc1ccc(Nc2nccc(NC(=O)Nc3cccc(N)c3)n2)nc1. The molecule has 132 valence electrons. The van der Waals surface area contributed by atoms with E-state index < -0.39 is 6.03 Å². The molecule has 0 saturated carbocycles. The summed E-state index contributed by atoms with van der Waals surface area (Å²) < 4.78 is 5.05. The molecule has 3 rings (SSSR count). The first kappa shape index (κ1) is 17.0. The van der Waals surface area contributed by atoms with E-state index in [0.717, 1.165) is 0 Å². The maximum Gasteiger partial charge on any atom is 0.324 e. The monoisotopic (exact) mass is 351 g/mol. The average molecular weight is 351 g/mol. The molecule has 0 atom stereocenters. The van der Waals surface area contributed by atoms with Gasteiger partial charge in [0, 0.05) is 17.6 Å². The van der Waals surface area contributed by atoms with Crippen LogP contribution in [0.25, 0.3) is 0 Å². The number of nitrogens with zero attached hydrogens (tertiary/aromatic N) is 3. The average Bonchev–Trinajstić information content (AvgIpc) is 2.62. The molecule has 26 heavy (non-hydrogen) atoms. The number of pyridine rings is 1. The van der Waals surface area contributed by atoms with Crippen molar-refractivity contribution >= 4 is 35.0 Å². The minimum absolute atomic E-state index is 0.296. The van der Waals surface area contributed by atoms with Crippen molar-refractivity contribution in [3.8, 4) is 5.75 Å². The molecule has 0 saturated heterocycles. The predicted octanol–water partition coefficient (Wildman–Crippen LogP) is 2.85. The predicted molar refractivity (Wildman–Crippen MR) is 99.6 cm³/mol. The van der Waals surface area contributed by atoms with Crippen LogP contribution in [0, 0.1) is 0 Å². The van der Waals surface area contributed by atoms with Gasteiger partial charge in [0.05, 0.1) is 13.3 Å². The summed E-state index contributed by atoms with van der Waals surface area (Å²) in [5.41, 5.74) is 6.82. The number of aromatic nitrogens is 3. The van der Waals surface area contributed by atoms with Crippen molar-refractivity contribution in [3.05, 3.63) is 54.9 Å². The van der Waals surface area contributed by atoms with E-state index in [1.165, 1.54) is 6.20 Å². The molecule has 0 aliphatic heterocycles. The number of nitrogens with one attached hydrogen (secondary N) is 3. The van der Waals surface area contributed by atoms with Crippen molar-refractivity contribution in [1.82, 2.24) is 15.0 Å². The molecule has 0 fully saturated rings. The third kappa shape index (κ3) is 4.57. The number of methoxy groups -OCH3 is 1. The Labute approximate surface area is 149 Å². The number of amides is 2. The first-order chi connectivity index (χ1) is 12.6. The van der Waals surface area contributed by atoms with E-state index in [2.05, 4.69) is 30.9 Å². The number of nitrogen functional groups attached to an aromatic ring is 1. The number of hydrogen-bond donors (Lipinski definition) is 4. The molecule has 0 aliphatic rings. The fraction of sp³-hybridized carbons (Fsp3) is 0.0588. The van der Waals surface area contributed by atoms with Gasteiger partial charge in [-0.2, -0.15) is 4.98 Å². The van der Waals surface area contributed by atoms with E-state index in [9.17, 15) is 4.79 Å². The van der Waals surface area contributed by atoms with E-state index in [-0.39, 0.29) is 0 Å². The number of rotatable bonds is 5. The van der Waals surface area contributed by atoms with Gasteiger partial charge in [0.2, 0.25) is 5.95 Å². The lowest BCUT2D eigenvalue weighted by molar-refractivity contribution is 0.262. The molecule has 5 N–H and O–H groups in total. The van der Waals surface area contributed by atoms with Gasteiger partial charge in [0.15, 0.2) is 0 Å². The second kappa shape index (κ2) is 7.79. The van der Waals surface area contributed by atoms with Crippen molar-refractivity contribution in [2.75, 3.05) is 28.8 Å². The van der Waals surface area contributed by atoms with Crippen molar-refractivity contribution < 1.29 is 9.53 Å². The summed E-state index contributed by atoms with van der Waals surface area (Å²) in [7, 11) is 1.57. The topological polar surface area (TPSA) is 127 Å². The van der Waals surface area contributed by atoms with Gasteiger partial charge in [0.25, 0.3) is 0 Å². The number of anilines is 5. The molecule has 3 aromatic rings. The standard InChI is InChI=1S/C17H17N7O2/c1-26-13-5-6-14(20-10-13)22-16-19-8-7-15(23-16)24-17(25)21-12-4-2-3-11(18)9-12/h2-10H,18H2,1H3,(H3,19,20,21,22,23,24,25). The number of carbonyl (C=O) groups is 1. The highest BCUT2D eigenvalue weighted by atomic mass is 16.5. The van der Waals surface area contributed by atoms with Crippen molar-refractivity contribution in [1.29, 1.82) is 0 Å². The van der Waals surface area contributed by atoms with Gasteiger partial charge in [-0.25, -0.2) is 14.8 Å². The Morgan fingerprint density at radius 3 is 2.69 bits per heavy atom. The van der Waals surface area contributed by atoms with Crippen LogP contribution >= 0.6 is 0 Å². The van der Waals surface area contributed by atoms with Gasteiger partial charge in [-0.05, 0) is 36.4 Å². The quantitative estimate of drug-likeness (QED) is 0.520. The first-order valence-corrected chi connectivity index (χ1v) is 7.66. The second-order valence-corrected chi connectivity index (χ2v) is 5.18. The molecule has 2 amide bonds. The fourth-order valence-electron chi connectivity index (χ4n) is 2.07. The maximum absolute atomic E-state index is 12.1. The van der Waals surface area contributed by atoms with Crippen LogP contribution in [0.2, 0.25) is 0 Å². The molecule has 0 radical (unpaired) electrons. The van der Waals surface area contributed by atoms with Crippen molar-refractivity contribution in [3.63, 3.8) is 0 Å². The van der Waals surface area contributed by atoms with Crippen LogP contribution in [0.15, 0.2) is 54.9 Å². The van der Waals surface area contributed by atoms with E-state index in [1.807, 2.05) is 0 Å². The van der Waals surface area contributed by atoms with Crippen LogP contribution in [0.1, 0.15) is 0 Å². The van der Waals surface area contributed by atoms with Crippen LogP contribution in [-0.2, 0) is 0 Å². The number of benzene rings is 1. The minimum Gasteiger partial charge on any atom is -0.495 e. The Morgan fingerprint density at radius 1 is 1.08 bits per heavy atom. The normalized spacial score (nSPS) is 10.0. The van der Waals surface area contributed by atoms with Gasteiger partial charge in [-0.3, -0.25) is 5.32 Å².